The summed E-state index contributed by atoms with van der Waals surface area (Å²) >= 11 is 0. The molecule has 0 aromatic carbocycles. The van der Waals surface area contributed by atoms with Crippen LogP contribution in [-0.4, -0.2) is 57.7 Å². The number of aliphatic imine (C=N–C) groups is 1. The van der Waals surface area contributed by atoms with Gasteiger partial charge in [0.15, 0.2) is 11.8 Å². The van der Waals surface area contributed by atoms with Crippen molar-refractivity contribution in [2.75, 3.05) is 26.2 Å². The van der Waals surface area contributed by atoms with Gasteiger partial charge in [0.2, 0.25) is 5.91 Å². The van der Waals surface area contributed by atoms with E-state index in [9.17, 15) is 4.79 Å². The first-order chi connectivity index (χ1) is 12.3. The lowest BCUT2D eigenvalue weighted by Gasteiger charge is -2.17. The Morgan fingerprint density at radius 1 is 1.08 bits per heavy atom. The normalized spacial score (nSPS) is 17.3. The number of nitrogens with one attached hydrogen (secondary N) is 2. The number of nitrogens with zero attached hydrogens (tertiary/aromatic N) is 5. The van der Waals surface area contributed by atoms with E-state index in [2.05, 4.69) is 30.4 Å². The standard InChI is InChI=1S/C17H29N7O.HI/c1-2-18-17(20-13-16(25)23-9-6-7-10-23)19-12-15-22-21-14-8-4-3-5-11-24(14)15;/h2-13H2,1H3,(H2,18,19,20);1H. The Morgan fingerprint density at radius 2 is 1.85 bits per heavy atom. The van der Waals surface area contributed by atoms with E-state index in [1.807, 2.05) is 11.8 Å². The number of aromatic nitrogens is 3. The van der Waals surface area contributed by atoms with Gasteiger partial charge in [0.05, 0.1) is 6.54 Å². The number of carbonyl (C=O) groups excluding carboxylic acids is 1. The van der Waals surface area contributed by atoms with Gasteiger partial charge >= 0.3 is 0 Å². The highest BCUT2D eigenvalue weighted by atomic mass is 127. The summed E-state index contributed by atoms with van der Waals surface area (Å²) in [5.74, 6) is 2.77. The molecular weight excluding hydrogens is 445 g/mol. The number of amides is 1. The van der Waals surface area contributed by atoms with Gasteiger partial charge in [-0.15, -0.1) is 34.2 Å². The van der Waals surface area contributed by atoms with E-state index < -0.39 is 0 Å². The van der Waals surface area contributed by atoms with Crippen LogP contribution in [0.2, 0.25) is 0 Å². The predicted molar refractivity (Wildman–Crippen MR) is 112 cm³/mol. The molecule has 0 saturated carbocycles. The molecule has 3 heterocycles. The van der Waals surface area contributed by atoms with Gasteiger partial charge in [0, 0.05) is 32.6 Å². The van der Waals surface area contributed by atoms with Crippen LogP contribution in [-0.2, 0) is 24.3 Å². The Hall–Kier alpha value is -1.39. The van der Waals surface area contributed by atoms with E-state index in [0.29, 0.717) is 12.5 Å². The van der Waals surface area contributed by atoms with Crippen LogP contribution in [0.15, 0.2) is 4.99 Å². The van der Waals surface area contributed by atoms with Crippen molar-refractivity contribution in [3.05, 3.63) is 11.6 Å². The van der Waals surface area contributed by atoms with E-state index in [4.69, 9.17) is 0 Å². The van der Waals surface area contributed by atoms with Crippen LogP contribution >= 0.6 is 24.0 Å². The minimum Gasteiger partial charge on any atom is -0.357 e. The van der Waals surface area contributed by atoms with Gasteiger partial charge in [-0.3, -0.25) is 4.79 Å². The SMILES string of the molecule is CCNC(=NCc1nnc2n1CCCCC2)NCC(=O)N1CCCC1.I. The number of halogens is 1. The number of likely N-dealkylation sites (tertiary alicyclic amines) is 1. The number of guanidine groups is 1. The highest BCUT2D eigenvalue weighted by Gasteiger charge is 2.18. The predicted octanol–water partition coefficient (Wildman–Crippen LogP) is 1.30. The molecule has 9 heteroatoms. The molecular formula is C17H30IN7O. The van der Waals surface area contributed by atoms with Crippen molar-refractivity contribution in [1.82, 2.24) is 30.3 Å². The summed E-state index contributed by atoms with van der Waals surface area (Å²) in [4.78, 5) is 18.7. The third-order valence-corrected chi connectivity index (χ3v) is 4.77. The Bertz CT molecular complexity index is 610. The van der Waals surface area contributed by atoms with Gasteiger partial charge in [-0.25, -0.2) is 4.99 Å². The Balaban J connectivity index is 0.00000243. The molecule has 2 aliphatic heterocycles. The minimum atomic E-state index is 0. The molecule has 146 valence electrons. The molecule has 3 rings (SSSR count). The van der Waals surface area contributed by atoms with Crippen LogP contribution in [0.5, 0.6) is 0 Å². The van der Waals surface area contributed by atoms with E-state index in [0.717, 1.165) is 57.1 Å². The number of carbonyl (C=O) groups is 1. The third-order valence-electron chi connectivity index (χ3n) is 4.77. The van der Waals surface area contributed by atoms with Gasteiger partial charge < -0.3 is 20.1 Å². The molecule has 1 fully saturated rings. The molecule has 1 aromatic rings. The summed E-state index contributed by atoms with van der Waals surface area (Å²) < 4.78 is 2.20. The van der Waals surface area contributed by atoms with E-state index >= 15 is 0 Å². The number of hydrogen-bond donors (Lipinski definition) is 2. The van der Waals surface area contributed by atoms with Gasteiger partial charge in [-0.1, -0.05) is 6.42 Å². The topological polar surface area (TPSA) is 87.4 Å². The molecule has 0 unspecified atom stereocenters. The summed E-state index contributed by atoms with van der Waals surface area (Å²) in [6.45, 7) is 6.25. The first-order valence-electron chi connectivity index (χ1n) is 9.49. The lowest BCUT2D eigenvalue weighted by Crippen LogP contribution is -2.44. The largest absolute Gasteiger partial charge is 0.357 e. The molecule has 2 N–H and O–H groups in total. The second kappa shape index (κ2) is 10.7. The van der Waals surface area contributed by atoms with Crippen LogP contribution in [0.25, 0.3) is 0 Å². The molecule has 26 heavy (non-hydrogen) atoms. The van der Waals surface area contributed by atoms with E-state index in [1.165, 1.54) is 19.3 Å². The maximum absolute atomic E-state index is 12.2. The molecule has 1 amide bonds. The Kier molecular flexibility index (Phi) is 8.60. The fraction of sp³-hybridized carbons (Fsp3) is 0.765. The van der Waals surface area contributed by atoms with Gasteiger partial charge in [-0.05, 0) is 32.6 Å². The zero-order valence-corrected chi connectivity index (χ0v) is 17.9. The van der Waals surface area contributed by atoms with Crippen molar-refractivity contribution in [2.45, 2.75) is 58.5 Å². The maximum Gasteiger partial charge on any atom is 0.241 e. The van der Waals surface area contributed by atoms with Crippen molar-refractivity contribution >= 4 is 35.8 Å². The maximum atomic E-state index is 12.2. The van der Waals surface area contributed by atoms with Crippen molar-refractivity contribution in [2.24, 2.45) is 4.99 Å². The molecule has 0 aliphatic carbocycles. The monoisotopic (exact) mass is 475 g/mol. The molecule has 0 radical (unpaired) electrons. The summed E-state index contributed by atoms with van der Waals surface area (Å²) in [5.41, 5.74) is 0. The van der Waals surface area contributed by atoms with Crippen LogP contribution in [0.4, 0.5) is 0 Å². The molecule has 2 aliphatic rings. The highest BCUT2D eigenvalue weighted by molar-refractivity contribution is 14.0. The third kappa shape index (κ3) is 5.55. The summed E-state index contributed by atoms with van der Waals surface area (Å²) in [5, 5.41) is 15.0. The summed E-state index contributed by atoms with van der Waals surface area (Å²) in [6.07, 6.45) is 6.82. The number of fused-ring (bicyclic) bond motifs is 1. The molecule has 0 spiro atoms. The first-order valence-corrected chi connectivity index (χ1v) is 9.49. The number of hydrogen-bond acceptors (Lipinski definition) is 4. The molecule has 8 nitrogen and oxygen atoms in total. The second-order valence-electron chi connectivity index (χ2n) is 6.63. The lowest BCUT2D eigenvalue weighted by molar-refractivity contribution is -0.128. The van der Waals surface area contributed by atoms with Crippen molar-refractivity contribution in [3.8, 4) is 0 Å². The molecule has 0 atom stereocenters. The highest BCUT2D eigenvalue weighted by Crippen LogP contribution is 2.14. The van der Waals surface area contributed by atoms with Crippen molar-refractivity contribution in [3.63, 3.8) is 0 Å². The zero-order valence-electron chi connectivity index (χ0n) is 15.5. The lowest BCUT2D eigenvalue weighted by atomic mass is 10.2. The smallest absolute Gasteiger partial charge is 0.241 e. The van der Waals surface area contributed by atoms with Crippen molar-refractivity contribution < 1.29 is 4.79 Å². The quantitative estimate of drug-likeness (QED) is 0.381. The van der Waals surface area contributed by atoms with Crippen LogP contribution < -0.4 is 10.6 Å². The summed E-state index contributed by atoms with van der Waals surface area (Å²) in [7, 11) is 0. The summed E-state index contributed by atoms with van der Waals surface area (Å²) in [6, 6.07) is 0. The second-order valence-corrected chi connectivity index (χ2v) is 6.63. The Labute approximate surface area is 172 Å². The fourth-order valence-corrected chi connectivity index (χ4v) is 3.39. The van der Waals surface area contributed by atoms with Crippen molar-refractivity contribution in [1.29, 1.82) is 0 Å². The molecule has 1 saturated heterocycles. The van der Waals surface area contributed by atoms with Gasteiger partial charge in [0.25, 0.3) is 0 Å². The Morgan fingerprint density at radius 3 is 2.62 bits per heavy atom. The van der Waals surface area contributed by atoms with Crippen LogP contribution in [0.3, 0.4) is 0 Å². The van der Waals surface area contributed by atoms with Crippen LogP contribution in [0.1, 0.15) is 50.7 Å². The van der Waals surface area contributed by atoms with Gasteiger partial charge in [-0.2, -0.15) is 0 Å². The minimum absolute atomic E-state index is 0. The van der Waals surface area contributed by atoms with Crippen LogP contribution in [0, 0.1) is 0 Å². The average molecular weight is 475 g/mol. The zero-order chi connectivity index (χ0) is 17.5. The average Bonchev–Trinajstić information content (AvgIpc) is 3.23. The van der Waals surface area contributed by atoms with E-state index in [1.54, 1.807) is 0 Å². The number of rotatable bonds is 5. The first kappa shape index (κ1) is 20.9. The van der Waals surface area contributed by atoms with E-state index in [-0.39, 0.29) is 36.4 Å². The molecule has 0 bridgehead atoms. The number of aryl methyl sites for hydroxylation is 1. The molecule has 1 aromatic heterocycles. The fourth-order valence-electron chi connectivity index (χ4n) is 3.39. The van der Waals surface area contributed by atoms with Gasteiger partial charge in [0.1, 0.15) is 12.4 Å².